The van der Waals surface area contributed by atoms with E-state index in [0.717, 1.165) is 0 Å². The molecule has 0 saturated heterocycles. The van der Waals surface area contributed by atoms with Crippen LogP contribution in [0.15, 0.2) is 35.4 Å². The molecule has 0 fully saturated rings. The highest BCUT2D eigenvalue weighted by molar-refractivity contribution is 6.74. The number of azide groups is 1. The molecule has 0 unspecified atom stereocenters. The lowest BCUT2D eigenvalue weighted by atomic mass is 10.0. The molecule has 0 aromatic heterocycles. The molecule has 0 aliphatic rings. The number of nitrogens with zero attached hydrogens (tertiary/aromatic N) is 3. The second kappa shape index (κ2) is 7.09. The third kappa shape index (κ3) is 4.43. The summed E-state index contributed by atoms with van der Waals surface area (Å²) < 4.78 is 6.21. The van der Waals surface area contributed by atoms with Crippen LogP contribution in [0.2, 0.25) is 18.1 Å². The molecule has 0 N–H and O–H groups in total. The third-order valence-electron chi connectivity index (χ3n) is 4.23. The Morgan fingerprint density at radius 2 is 1.82 bits per heavy atom. The Morgan fingerprint density at radius 1 is 1.27 bits per heavy atom. The van der Waals surface area contributed by atoms with Crippen molar-refractivity contribution >= 4 is 14.1 Å². The van der Waals surface area contributed by atoms with E-state index in [0.29, 0.717) is 5.56 Å². The standard InChI is InChI=1S/C16H25N3O2Si/c1-12(21-22(5,6)16(2,3)4)14(18-19-17)15(20)13-10-8-7-9-11-13/h7-12,14H,1-6H3/t12-,14-/m0/s1. The fourth-order valence-electron chi connectivity index (χ4n) is 1.89. The molecular weight excluding hydrogens is 294 g/mol. The van der Waals surface area contributed by atoms with Crippen molar-refractivity contribution in [2.45, 2.75) is 58.0 Å². The average molecular weight is 319 g/mol. The molecule has 0 radical (unpaired) electrons. The molecule has 0 aliphatic carbocycles. The maximum absolute atomic E-state index is 12.6. The van der Waals surface area contributed by atoms with Crippen LogP contribution in [0, 0.1) is 0 Å². The zero-order valence-electron chi connectivity index (χ0n) is 14.2. The van der Waals surface area contributed by atoms with Crippen LogP contribution in [-0.4, -0.2) is 26.2 Å². The Labute approximate surface area is 133 Å². The normalized spacial score (nSPS) is 14.8. The molecule has 1 aromatic rings. The first-order valence-electron chi connectivity index (χ1n) is 7.41. The summed E-state index contributed by atoms with van der Waals surface area (Å²) in [4.78, 5) is 15.4. The summed E-state index contributed by atoms with van der Waals surface area (Å²) in [5.41, 5.74) is 9.33. The Bertz CT molecular complexity index is 561. The molecule has 0 bridgehead atoms. The summed E-state index contributed by atoms with van der Waals surface area (Å²) in [6.07, 6.45) is -0.454. The van der Waals surface area contributed by atoms with Crippen LogP contribution in [0.3, 0.4) is 0 Å². The first kappa shape index (κ1) is 18.4. The second-order valence-corrected chi connectivity index (χ2v) is 11.7. The van der Waals surface area contributed by atoms with Crippen molar-refractivity contribution < 1.29 is 9.22 Å². The zero-order valence-corrected chi connectivity index (χ0v) is 15.2. The van der Waals surface area contributed by atoms with E-state index in [1.807, 2.05) is 6.07 Å². The molecule has 0 amide bonds. The third-order valence-corrected chi connectivity index (χ3v) is 8.81. The van der Waals surface area contributed by atoms with E-state index in [2.05, 4.69) is 43.9 Å². The van der Waals surface area contributed by atoms with Gasteiger partial charge in [0.05, 0.1) is 6.10 Å². The van der Waals surface area contributed by atoms with Gasteiger partial charge in [0, 0.05) is 10.5 Å². The van der Waals surface area contributed by atoms with Crippen molar-refractivity contribution in [3.05, 3.63) is 46.3 Å². The molecule has 22 heavy (non-hydrogen) atoms. The summed E-state index contributed by atoms with van der Waals surface area (Å²) in [6.45, 7) is 12.4. The predicted octanol–water partition coefficient (Wildman–Crippen LogP) is 4.96. The monoisotopic (exact) mass is 319 g/mol. The van der Waals surface area contributed by atoms with Gasteiger partial charge in [-0.3, -0.25) is 4.79 Å². The average Bonchev–Trinajstić information content (AvgIpc) is 2.43. The van der Waals surface area contributed by atoms with Crippen LogP contribution >= 0.6 is 0 Å². The van der Waals surface area contributed by atoms with Crippen molar-refractivity contribution in [3.63, 3.8) is 0 Å². The second-order valence-electron chi connectivity index (χ2n) is 6.96. The van der Waals surface area contributed by atoms with Crippen molar-refractivity contribution in [1.82, 2.24) is 0 Å². The Morgan fingerprint density at radius 3 is 2.27 bits per heavy atom. The number of rotatable bonds is 6. The number of carbonyl (C=O) groups is 1. The van der Waals surface area contributed by atoms with Crippen LogP contribution in [0.1, 0.15) is 38.1 Å². The van der Waals surface area contributed by atoms with Crippen LogP contribution in [0.4, 0.5) is 0 Å². The van der Waals surface area contributed by atoms with Gasteiger partial charge in [0.15, 0.2) is 14.1 Å². The maximum atomic E-state index is 12.6. The van der Waals surface area contributed by atoms with Crippen LogP contribution in [0.5, 0.6) is 0 Å². The van der Waals surface area contributed by atoms with Crippen LogP contribution in [-0.2, 0) is 4.43 Å². The summed E-state index contributed by atoms with van der Waals surface area (Å²) in [6, 6.07) is 8.03. The Balaban J connectivity index is 3.01. The molecule has 0 saturated carbocycles. The topological polar surface area (TPSA) is 75.1 Å². The number of ketones is 1. The molecule has 6 heteroatoms. The Hall–Kier alpha value is -1.62. The lowest BCUT2D eigenvalue weighted by Crippen LogP contribution is -2.47. The van der Waals surface area contributed by atoms with Crippen molar-refractivity contribution in [2.75, 3.05) is 0 Å². The minimum atomic E-state index is -2.04. The molecule has 2 atom stereocenters. The smallest absolute Gasteiger partial charge is 0.192 e. The summed E-state index contributed by atoms with van der Waals surface area (Å²) in [5.74, 6) is -0.204. The summed E-state index contributed by atoms with van der Waals surface area (Å²) in [5, 5.41) is 3.72. The summed E-state index contributed by atoms with van der Waals surface area (Å²) in [7, 11) is -2.04. The van der Waals surface area contributed by atoms with E-state index in [4.69, 9.17) is 9.96 Å². The minimum Gasteiger partial charge on any atom is -0.413 e. The molecular formula is C16H25N3O2Si. The molecule has 0 heterocycles. The number of benzene rings is 1. The van der Waals surface area contributed by atoms with Gasteiger partial charge in [0.2, 0.25) is 0 Å². The molecule has 120 valence electrons. The molecule has 1 rings (SSSR count). The highest BCUT2D eigenvalue weighted by Gasteiger charge is 2.40. The Kier molecular flexibility index (Phi) is 5.94. The van der Waals surface area contributed by atoms with Gasteiger partial charge < -0.3 is 4.43 Å². The van der Waals surface area contributed by atoms with E-state index < -0.39 is 20.5 Å². The van der Waals surface area contributed by atoms with E-state index in [1.54, 1.807) is 31.2 Å². The van der Waals surface area contributed by atoms with Gasteiger partial charge in [-0.2, -0.15) is 0 Å². The predicted molar refractivity (Wildman–Crippen MR) is 91.5 cm³/mol. The highest BCUT2D eigenvalue weighted by Crippen LogP contribution is 2.37. The van der Waals surface area contributed by atoms with Crippen molar-refractivity contribution in [1.29, 1.82) is 0 Å². The molecule has 0 spiro atoms. The van der Waals surface area contributed by atoms with E-state index in [9.17, 15) is 4.79 Å². The van der Waals surface area contributed by atoms with E-state index in [-0.39, 0.29) is 10.8 Å². The largest absolute Gasteiger partial charge is 0.413 e. The van der Waals surface area contributed by atoms with Crippen LogP contribution < -0.4 is 0 Å². The number of hydrogen-bond donors (Lipinski definition) is 0. The molecule has 5 nitrogen and oxygen atoms in total. The van der Waals surface area contributed by atoms with Crippen molar-refractivity contribution in [2.24, 2.45) is 5.11 Å². The van der Waals surface area contributed by atoms with E-state index >= 15 is 0 Å². The minimum absolute atomic E-state index is 0.0258. The first-order valence-corrected chi connectivity index (χ1v) is 10.3. The van der Waals surface area contributed by atoms with Gasteiger partial charge in [-0.05, 0) is 30.6 Å². The first-order chi connectivity index (χ1) is 10.1. The zero-order chi connectivity index (χ0) is 17.0. The van der Waals surface area contributed by atoms with Gasteiger partial charge in [-0.25, -0.2) is 0 Å². The quantitative estimate of drug-likeness (QED) is 0.244. The SMILES string of the molecule is C[C@H](O[Si](C)(C)C(C)(C)C)[C@H](N=[N+]=[N-])C(=O)c1ccccc1. The van der Waals surface area contributed by atoms with Gasteiger partial charge in [0.1, 0.15) is 6.04 Å². The maximum Gasteiger partial charge on any atom is 0.192 e. The highest BCUT2D eigenvalue weighted by atomic mass is 28.4. The van der Waals surface area contributed by atoms with Gasteiger partial charge in [-0.15, -0.1) is 0 Å². The van der Waals surface area contributed by atoms with Crippen LogP contribution in [0.25, 0.3) is 10.4 Å². The van der Waals surface area contributed by atoms with Crippen molar-refractivity contribution in [3.8, 4) is 0 Å². The molecule has 0 aliphatic heterocycles. The summed E-state index contributed by atoms with van der Waals surface area (Å²) >= 11 is 0. The lowest BCUT2D eigenvalue weighted by molar-refractivity contribution is 0.0860. The number of hydrogen-bond acceptors (Lipinski definition) is 3. The fourth-order valence-corrected chi connectivity index (χ4v) is 3.31. The number of carbonyl (C=O) groups excluding carboxylic acids is 1. The fraction of sp³-hybridized carbons (Fsp3) is 0.562. The van der Waals surface area contributed by atoms with Gasteiger partial charge in [-0.1, -0.05) is 56.2 Å². The van der Waals surface area contributed by atoms with E-state index in [1.165, 1.54) is 0 Å². The van der Waals surface area contributed by atoms with Gasteiger partial charge >= 0.3 is 0 Å². The molecule has 1 aromatic carbocycles. The van der Waals surface area contributed by atoms with Gasteiger partial charge in [0.25, 0.3) is 0 Å². The number of Topliss-reactive ketones (excluding diaryl/α,β-unsaturated/α-hetero) is 1. The lowest BCUT2D eigenvalue weighted by Gasteiger charge is -2.39.